The minimum absolute atomic E-state index is 0.898. The van der Waals surface area contributed by atoms with Gasteiger partial charge in [0.15, 0.2) is 0 Å². The number of benzene rings is 2. The predicted molar refractivity (Wildman–Crippen MR) is 79.3 cm³/mol. The molecule has 0 aliphatic carbocycles. The monoisotopic (exact) mass is 237 g/mol. The van der Waals surface area contributed by atoms with Crippen molar-refractivity contribution in [1.29, 1.82) is 0 Å². The lowest BCUT2D eigenvalue weighted by Gasteiger charge is -2.09. The van der Waals surface area contributed by atoms with Gasteiger partial charge in [-0.25, -0.2) is 0 Å². The first-order valence-corrected chi connectivity index (χ1v) is 6.42. The van der Waals surface area contributed by atoms with E-state index in [1.165, 1.54) is 16.7 Å². The highest BCUT2D eigenvalue weighted by atomic mass is 14.8. The molecule has 18 heavy (non-hydrogen) atoms. The van der Waals surface area contributed by atoms with Crippen LogP contribution in [0.4, 0.5) is 0 Å². The second kappa shape index (κ2) is 6.77. The average Bonchev–Trinajstić information content (AvgIpc) is 2.45. The van der Waals surface area contributed by atoms with Gasteiger partial charge >= 0.3 is 0 Å². The molecule has 0 spiro atoms. The molecule has 0 bridgehead atoms. The third kappa shape index (κ3) is 3.57. The predicted octanol–water partition coefficient (Wildman–Crippen LogP) is 3.84. The van der Waals surface area contributed by atoms with Crippen molar-refractivity contribution in [2.75, 3.05) is 13.1 Å². The van der Waals surface area contributed by atoms with Crippen LogP contribution in [0.5, 0.6) is 0 Å². The van der Waals surface area contributed by atoms with Gasteiger partial charge in [-0.1, -0.05) is 67.6 Å². The second-order valence-corrected chi connectivity index (χ2v) is 4.23. The quantitative estimate of drug-likeness (QED) is 0.779. The molecule has 0 amide bonds. The Morgan fingerprint density at radius 2 is 1.56 bits per heavy atom. The van der Waals surface area contributed by atoms with Gasteiger partial charge in [0.05, 0.1) is 0 Å². The van der Waals surface area contributed by atoms with E-state index in [0.29, 0.717) is 0 Å². The summed E-state index contributed by atoms with van der Waals surface area (Å²) in [5.41, 5.74) is 3.85. The molecule has 0 unspecified atom stereocenters. The smallest absolute Gasteiger partial charge is 0.0211 e. The van der Waals surface area contributed by atoms with Crippen molar-refractivity contribution in [2.45, 2.75) is 6.92 Å². The maximum absolute atomic E-state index is 3.40. The fourth-order valence-corrected chi connectivity index (χ4v) is 1.90. The summed E-state index contributed by atoms with van der Waals surface area (Å²) in [5.74, 6) is 0. The molecule has 2 rings (SSSR count). The zero-order valence-electron chi connectivity index (χ0n) is 10.8. The van der Waals surface area contributed by atoms with Crippen molar-refractivity contribution in [1.82, 2.24) is 5.32 Å². The number of hydrogen-bond donors (Lipinski definition) is 1. The van der Waals surface area contributed by atoms with E-state index in [-0.39, 0.29) is 0 Å². The van der Waals surface area contributed by atoms with E-state index in [2.05, 4.69) is 72.9 Å². The van der Waals surface area contributed by atoms with E-state index >= 15 is 0 Å². The summed E-state index contributed by atoms with van der Waals surface area (Å²) in [5, 5.41) is 3.40. The summed E-state index contributed by atoms with van der Waals surface area (Å²) in [6.07, 6.45) is 2.25. The van der Waals surface area contributed by atoms with Gasteiger partial charge in [-0.15, -0.1) is 0 Å². The Morgan fingerprint density at radius 1 is 0.944 bits per heavy atom. The molecule has 0 saturated carbocycles. The molecule has 1 heteroatoms. The molecule has 1 N–H and O–H groups in total. The lowest BCUT2D eigenvalue weighted by atomic mass is 10.0. The number of hydrogen-bond acceptors (Lipinski definition) is 1. The maximum atomic E-state index is 3.40. The zero-order chi connectivity index (χ0) is 12.6. The Labute approximate surface area is 109 Å². The van der Waals surface area contributed by atoms with Crippen molar-refractivity contribution >= 4 is 11.6 Å². The lowest BCUT2D eigenvalue weighted by molar-refractivity contribution is 0.809. The molecular weight excluding hydrogens is 218 g/mol. The van der Waals surface area contributed by atoms with Gasteiger partial charge in [0.25, 0.3) is 0 Å². The summed E-state index contributed by atoms with van der Waals surface area (Å²) in [7, 11) is 0. The Hall–Kier alpha value is -1.86. The molecule has 0 saturated heterocycles. The van der Waals surface area contributed by atoms with E-state index in [4.69, 9.17) is 0 Å². The summed E-state index contributed by atoms with van der Waals surface area (Å²) in [6.45, 7) is 4.01. The van der Waals surface area contributed by atoms with Crippen LogP contribution in [0.2, 0.25) is 0 Å². The summed E-state index contributed by atoms with van der Waals surface area (Å²) < 4.78 is 0. The Morgan fingerprint density at radius 3 is 2.17 bits per heavy atom. The average molecular weight is 237 g/mol. The van der Waals surface area contributed by atoms with Gasteiger partial charge < -0.3 is 5.32 Å². The molecular formula is C17H19N. The van der Waals surface area contributed by atoms with Crippen molar-refractivity contribution in [3.8, 4) is 0 Å². The van der Waals surface area contributed by atoms with Gasteiger partial charge in [0.2, 0.25) is 0 Å². The Balaban J connectivity index is 2.28. The molecule has 0 heterocycles. The lowest BCUT2D eigenvalue weighted by Crippen LogP contribution is -2.15. The highest BCUT2D eigenvalue weighted by Crippen LogP contribution is 2.17. The van der Waals surface area contributed by atoms with Crippen molar-refractivity contribution in [3.63, 3.8) is 0 Å². The van der Waals surface area contributed by atoms with Gasteiger partial charge in [-0.2, -0.15) is 0 Å². The molecule has 92 valence electrons. The van der Waals surface area contributed by atoms with Crippen LogP contribution in [0.15, 0.2) is 60.7 Å². The third-order valence-corrected chi connectivity index (χ3v) is 2.85. The van der Waals surface area contributed by atoms with Crippen molar-refractivity contribution in [3.05, 3.63) is 71.8 Å². The van der Waals surface area contributed by atoms with Crippen LogP contribution in [-0.4, -0.2) is 13.1 Å². The molecule has 0 atom stereocenters. The highest BCUT2D eigenvalue weighted by Gasteiger charge is 2.00. The van der Waals surface area contributed by atoms with Crippen LogP contribution < -0.4 is 5.32 Å². The van der Waals surface area contributed by atoms with E-state index in [0.717, 1.165) is 13.1 Å². The summed E-state index contributed by atoms with van der Waals surface area (Å²) in [4.78, 5) is 0. The van der Waals surface area contributed by atoms with Crippen LogP contribution in [0.25, 0.3) is 11.6 Å². The number of likely N-dealkylation sites (N-methyl/N-ethyl adjacent to an activating group) is 1. The van der Waals surface area contributed by atoms with Gasteiger partial charge in [0, 0.05) is 6.54 Å². The SMILES string of the molecule is CCNC/C(=C\c1ccccc1)c1ccccc1. The topological polar surface area (TPSA) is 12.0 Å². The molecule has 2 aromatic carbocycles. The van der Waals surface area contributed by atoms with E-state index in [1.807, 2.05) is 6.07 Å². The number of nitrogens with one attached hydrogen (secondary N) is 1. The van der Waals surface area contributed by atoms with Gasteiger partial charge in [-0.05, 0) is 29.3 Å². The van der Waals surface area contributed by atoms with Crippen molar-refractivity contribution < 1.29 is 0 Å². The number of rotatable bonds is 5. The first-order valence-electron chi connectivity index (χ1n) is 6.42. The normalized spacial score (nSPS) is 11.5. The molecule has 0 aliphatic heterocycles. The van der Waals surface area contributed by atoms with E-state index in [1.54, 1.807) is 0 Å². The highest BCUT2D eigenvalue weighted by molar-refractivity contribution is 5.82. The first kappa shape index (κ1) is 12.6. The molecule has 1 nitrogen and oxygen atoms in total. The van der Waals surface area contributed by atoms with Crippen LogP contribution in [0.3, 0.4) is 0 Å². The Kier molecular flexibility index (Phi) is 4.74. The minimum atomic E-state index is 0.898. The van der Waals surface area contributed by atoms with Crippen LogP contribution in [0.1, 0.15) is 18.1 Å². The largest absolute Gasteiger partial charge is 0.313 e. The van der Waals surface area contributed by atoms with E-state index in [9.17, 15) is 0 Å². The van der Waals surface area contributed by atoms with Crippen LogP contribution in [-0.2, 0) is 0 Å². The van der Waals surface area contributed by atoms with Crippen molar-refractivity contribution in [2.24, 2.45) is 0 Å². The standard InChI is InChI=1S/C17H19N/c1-2-18-14-17(16-11-7-4-8-12-16)13-15-9-5-3-6-10-15/h3-13,18H,2,14H2,1H3/b17-13+. The third-order valence-electron chi connectivity index (χ3n) is 2.85. The zero-order valence-corrected chi connectivity index (χ0v) is 10.8. The second-order valence-electron chi connectivity index (χ2n) is 4.23. The fourth-order valence-electron chi connectivity index (χ4n) is 1.90. The fraction of sp³-hybridized carbons (Fsp3) is 0.176. The summed E-state index contributed by atoms with van der Waals surface area (Å²) >= 11 is 0. The molecule has 0 aromatic heterocycles. The van der Waals surface area contributed by atoms with Gasteiger partial charge in [0.1, 0.15) is 0 Å². The molecule has 2 aromatic rings. The molecule has 0 radical (unpaired) electrons. The summed E-state index contributed by atoms with van der Waals surface area (Å²) in [6, 6.07) is 21.0. The van der Waals surface area contributed by atoms with Crippen LogP contribution in [0, 0.1) is 0 Å². The minimum Gasteiger partial charge on any atom is -0.313 e. The van der Waals surface area contributed by atoms with Crippen LogP contribution >= 0.6 is 0 Å². The maximum Gasteiger partial charge on any atom is 0.0211 e. The molecule has 0 fully saturated rings. The first-order chi connectivity index (χ1) is 8.90. The Bertz CT molecular complexity index is 486. The van der Waals surface area contributed by atoms with Gasteiger partial charge in [-0.3, -0.25) is 0 Å². The van der Waals surface area contributed by atoms with E-state index < -0.39 is 0 Å². The molecule has 0 aliphatic rings.